The van der Waals surface area contributed by atoms with Crippen LogP contribution in [-0.4, -0.2) is 26.7 Å². The van der Waals surface area contributed by atoms with Gasteiger partial charge in [0.1, 0.15) is 11.5 Å². The Morgan fingerprint density at radius 3 is 2.93 bits per heavy atom. The van der Waals surface area contributed by atoms with Gasteiger partial charge in [0.25, 0.3) is 0 Å². The van der Waals surface area contributed by atoms with Crippen molar-refractivity contribution in [1.29, 1.82) is 0 Å². The van der Waals surface area contributed by atoms with Crippen molar-refractivity contribution in [3.8, 4) is 11.5 Å². The number of hydrogen-bond donors (Lipinski definition) is 2. The maximum Gasteiger partial charge on any atom is 0.199 e. The van der Waals surface area contributed by atoms with Crippen LogP contribution in [0.4, 0.5) is 0 Å². The summed E-state index contributed by atoms with van der Waals surface area (Å²) in [6.45, 7) is 2.51. The molecule has 0 aliphatic rings. The van der Waals surface area contributed by atoms with Crippen molar-refractivity contribution < 1.29 is 0 Å². The largest absolute Gasteiger partial charge is 0.330 e. The number of aromatic nitrogens is 4. The molecule has 0 unspecified atom stereocenters. The molecule has 0 amide bonds. The molecular weight excluding hydrogens is 190 g/mol. The maximum absolute atomic E-state index is 5.43. The molecule has 0 saturated heterocycles. The van der Waals surface area contributed by atoms with Gasteiger partial charge in [0.2, 0.25) is 0 Å². The van der Waals surface area contributed by atoms with E-state index in [1.807, 2.05) is 25.1 Å². The molecule has 0 aliphatic heterocycles. The zero-order chi connectivity index (χ0) is 10.7. The maximum atomic E-state index is 5.43. The van der Waals surface area contributed by atoms with Crippen molar-refractivity contribution in [1.82, 2.24) is 20.2 Å². The van der Waals surface area contributed by atoms with Crippen molar-refractivity contribution in [3.63, 3.8) is 0 Å². The third-order valence-corrected chi connectivity index (χ3v) is 2.03. The average molecular weight is 203 g/mol. The highest BCUT2D eigenvalue weighted by Gasteiger charge is 2.06. The van der Waals surface area contributed by atoms with Crippen molar-refractivity contribution in [2.24, 2.45) is 5.73 Å². The number of pyridine rings is 1. The fraction of sp³-hybridized carbons (Fsp3) is 0.300. The molecule has 2 heterocycles. The summed E-state index contributed by atoms with van der Waals surface area (Å²) in [7, 11) is 0. The Hall–Kier alpha value is -1.75. The lowest BCUT2D eigenvalue weighted by atomic mass is 10.3. The number of rotatable bonds is 3. The first-order valence-corrected chi connectivity index (χ1v) is 4.85. The van der Waals surface area contributed by atoms with E-state index < -0.39 is 0 Å². The molecule has 0 fully saturated rings. The van der Waals surface area contributed by atoms with Gasteiger partial charge in [0.05, 0.1) is 0 Å². The molecule has 2 aromatic rings. The number of nitrogens with two attached hydrogens (primary N) is 1. The fourth-order valence-corrected chi connectivity index (χ4v) is 1.33. The van der Waals surface area contributed by atoms with Crippen LogP contribution in [0, 0.1) is 6.92 Å². The van der Waals surface area contributed by atoms with Crippen LogP contribution in [0.3, 0.4) is 0 Å². The van der Waals surface area contributed by atoms with E-state index in [1.165, 1.54) is 0 Å². The molecule has 0 saturated carbocycles. The van der Waals surface area contributed by atoms with Gasteiger partial charge in [-0.1, -0.05) is 6.07 Å². The molecule has 78 valence electrons. The molecule has 5 nitrogen and oxygen atoms in total. The number of nitrogens with zero attached hydrogens (tertiary/aromatic N) is 3. The van der Waals surface area contributed by atoms with Crippen LogP contribution in [0.5, 0.6) is 0 Å². The van der Waals surface area contributed by atoms with Crippen molar-refractivity contribution in [2.75, 3.05) is 6.54 Å². The quantitative estimate of drug-likeness (QED) is 0.768. The van der Waals surface area contributed by atoms with E-state index in [2.05, 4.69) is 20.2 Å². The molecule has 5 heteroatoms. The minimum Gasteiger partial charge on any atom is -0.330 e. The van der Waals surface area contributed by atoms with Gasteiger partial charge in [0, 0.05) is 12.1 Å². The summed E-state index contributed by atoms with van der Waals surface area (Å²) < 4.78 is 0. The summed E-state index contributed by atoms with van der Waals surface area (Å²) in [5, 5.41) is 6.94. The van der Waals surface area contributed by atoms with Crippen LogP contribution < -0.4 is 5.73 Å². The van der Waals surface area contributed by atoms with Gasteiger partial charge in [-0.05, 0) is 25.6 Å². The van der Waals surface area contributed by atoms with Gasteiger partial charge < -0.3 is 5.73 Å². The molecule has 0 atom stereocenters. The average Bonchev–Trinajstić information content (AvgIpc) is 2.67. The topological polar surface area (TPSA) is 80.5 Å². The van der Waals surface area contributed by atoms with Gasteiger partial charge in [-0.15, -0.1) is 0 Å². The Kier molecular flexibility index (Phi) is 2.73. The lowest BCUT2D eigenvalue weighted by molar-refractivity contribution is 0.874. The molecule has 2 rings (SSSR count). The van der Waals surface area contributed by atoms with E-state index in [-0.39, 0.29) is 0 Å². The van der Waals surface area contributed by atoms with E-state index >= 15 is 0 Å². The Morgan fingerprint density at radius 2 is 2.20 bits per heavy atom. The third-order valence-electron chi connectivity index (χ3n) is 2.03. The predicted octanol–water partition coefficient (Wildman–Crippen LogP) is 0.676. The predicted molar refractivity (Wildman–Crippen MR) is 57.1 cm³/mol. The molecule has 0 aliphatic carbocycles. The second-order valence-corrected chi connectivity index (χ2v) is 3.31. The molecular formula is C10H13N5. The number of nitrogens with one attached hydrogen (secondary N) is 1. The molecule has 0 spiro atoms. The monoisotopic (exact) mass is 203 g/mol. The smallest absolute Gasteiger partial charge is 0.199 e. The van der Waals surface area contributed by atoms with Gasteiger partial charge in [0.15, 0.2) is 5.82 Å². The minimum atomic E-state index is 0.565. The van der Waals surface area contributed by atoms with E-state index in [4.69, 9.17) is 5.73 Å². The summed E-state index contributed by atoms with van der Waals surface area (Å²) >= 11 is 0. The summed E-state index contributed by atoms with van der Waals surface area (Å²) in [6, 6.07) is 5.77. The van der Waals surface area contributed by atoms with Crippen LogP contribution in [0.25, 0.3) is 11.5 Å². The molecule has 15 heavy (non-hydrogen) atoms. The van der Waals surface area contributed by atoms with Gasteiger partial charge >= 0.3 is 0 Å². The Balaban J connectivity index is 2.29. The van der Waals surface area contributed by atoms with Crippen LogP contribution in [0.15, 0.2) is 18.2 Å². The standard InChI is InChI=1S/C10H13N5/c1-7-3-2-4-8(12-7)10-13-9(5-6-11)14-15-10/h2-4H,5-6,11H2,1H3,(H,13,14,15). The highest BCUT2D eigenvalue weighted by atomic mass is 15.2. The number of hydrogen-bond acceptors (Lipinski definition) is 4. The van der Waals surface area contributed by atoms with Crippen LogP contribution in [0.1, 0.15) is 11.5 Å². The molecule has 3 N–H and O–H groups in total. The first-order valence-electron chi connectivity index (χ1n) is 4.85. The number of aromatic amines is 1. The van der Waals surface area contributed by atoms with Crippen molar-refractivity contribution in [3.05, 3.63) is 29.7 Å². The van der Waals surface area contributed by atoms with E-state index in [9.17, 15) is 0 Å². The number of aryl methyl sites for hydroxylation is 1. The first-order chi connectivity index (χ1) is 7.29. The summed E-state index contributed by atoms with van der Waals surface area (Å²) in [6.07, 6.45) is 0.707. The van der Waals surface area contributed by atoms with Crippen LogP contribution in [0.2, 0.25) is 0 Å². The highest BCUT2D eigenvalue weighted by Crippen LogP contribution is 2.11. The summed E-state index contributed by atoms with van der Waals surface area (Å²) in [5.41, 5.74) is 7.17. The molecule has 0 radical (unpaired) electrons. The van der Waals surface area contributed by atoms with Crippen LogP contribution in [-0.2, 0) is 6.42 Å². The van der Waals surface area contributed by atoms with Gasteiger partial charge in [-0.3, -0.25) is 5.10 Å². The van der Waals surface area contributed by atoms with Gasteiger partial charge in [-0.25, -0.2) is 9.97 Å². The first kappa shape index (κ1) is 9.79. The zero-order valence-electron chi connectivity index (χ0n) is 8.57. The summed E-state index contributed by atoms with van der Waals surface area (Å²) in [4.78, 5) is 8.64. The third kappa shape index (κ3) is 2.19. The lowest BCUT2D eigenvalue weighted by Crippen LogP contribution is -2.03. The van der Waals surface area contributed by atoms with E-state index in [1.54, 1.807) is 0 Å². The lowest BCUT2D eigenvalue weighted by Gasteiger charge is -1.95. The second kappa shape index (κ2) is 4.18. The Labute approximate surface area is 87.8 Å². The Bertz CT molecular complexity index is 449. The van der Waals surface area contributed by atoms with Crippen molar-refractivity contribution in [2.45, 2.75) is 13.3 Å². The van der Waals surface area contributed by atoms with E-state index in [0.717, 1.165) is 17.2 Å². The van der Waals surface area contributed by atoms with E-state index in [0.29, 0.717) is 18.8 Å². The van der Waals surface area contributed by atoms with Crippen molar-refractivity contribution >= 4 is 0 Å². The van der Waals surface area contributed by atoms with Crippen LogP contribution >= 0.6 is 0 Å². The minimum absolute atomic E-state index is 0.565. The number of H-pyrrole nitrogens is 1. The normalized spacial score (nSPS) is 10.5. The zero-order valence-corrected chi connectivity index (χ0v) is 8.57. The second-order valence-electron chi connectivity index (χ2n) is 3.31. The fourth-order valence-electron chi connectivity index (χ4n) is 1.33. The Morgan fingerprint density at radius 1 is 1.33 bits per heavy atom. The summed E-state index contributed by atoms with van der Waals surface area (Å²) in [5.74, 6) is 1.43. The molecule has 0 bridgehead atoms. The highest BCUT2D eigenvalue weighted by molar-refractivity contribution is 5.48. The SMILES string of the molecule is Cc1cccc(-c2n[nH]c(CCN)n2)n1. The molecule has 2 aromatic heterocycles. The molecule has 0 aromatic carbocycles. The van der Waals surface area contributed by atoms with Gasteiger partial charge in [-0.2, -0.15) is 5.10 Å².